The SMILES string of the molecule is CCC(O)(CC)O[C@H](CO)[C@H](C)c1ccccc1N. The molecule has 19 heavy (non-hydrogen) atoms. The Morgan fingerprint density at radius 1 is 1.26 bits per heavy atom. The van der Waals surface area contributed by atoms with Gasteiger partial charge in [-0.2, -0.15) is 0 Å². The molecular formula is C15H25NO3. The van der Waals surface area contributed by atoms with Crippen LogP contribution in [0.15, 0.2) is 24.3 Å². The number of para-hydroxylation sites is 1. The van der Waals surface area contributed by atoms with Crippen molar-refractivity contribution >= 4 is 5.69 Å². The van der Waals surface area contributed by atoms with Crippen molar-refractivity contribution in [2.45, 2.75) is 51.4 Å². The molecule has 0 saturated heterocycles. The summed E-state index contributed by atoms with van der Waals surface area (Å²) < 4.78 is 5.71. The standard InChI is InChI=1S/C15H25NO3/c1-4-15(18,5-2)19-14(10-17)11(3)12-8-6-7-9-13(12)16/h6-9,11,14,17-18H,4-5,10,16H2,1-3H3/t11-,14-/m1/s1. The monoisotopic (exact) mass is 267 g/mol. The summed E-state index contributed by atoms with van der Waals surface area (Å²) in [5.74, 6) is -1.28. The second-order valence-electron chi connectivity index (χ2n) is 4.91. The molecule has 0 saturated carbocycles. The highest BCUT2D eigenvalue weighted by atomic mass is 16.6. The highest BCUT2D eigenvalue weighted by molar-refractivity contribution is 5.48. The second kappa shape index (κ2) is 6.89. The maximum atomic E-state index is 10.2. The smallest absolute Gasteiger partial charge is 0.165 e. The highest BCUT2D eigenvalue weighted by Gasteiger charge is 2.31. The van der Waals surface area contributed by atoms with Gasteiger partial charge >= 0.3 is 0 Å². The van der Waals surface area contributed by atoms with E-state index in [2.05, 4.69) is 0 Å². The first-order valence-electron chi connectivity index (χ1n) is 6.82. The first-order chi connectivity index (χ1) is 8.97. The fourth-order valence-corrected chi connectivity index (χ4v) is 2.12. The van der Waals surface area contributed by atoms with Crippen LogP contribution in [-0.2, 0) is 4.74 Å². The van der Waals surface area contributed by atoms with Gasteiger partial charge in [0.15, 0.2) is 5.79 Å². The van der Waals surface area contributed by atoms with Crippen molar-refractivity contribution in [2.24, 2.45) is 0 Å². The van der Waals surface area contributed by atoms with Crippen LogP contribution in [0.4, 0.5) is 5.69 Å². The van der Waals surface area contributed by atoms with E-state index in [4.69, 9.17) is 10.5 Å². The molecule has 0 aliphatic rings. The number of anilines is 1. The van der Waals surface area contributed by atoms with E-state index in [1.807, 2.05) is 45.0 Å². The molecule has 2 atom stereocenters. The Kier molecular flexibility index (Phi) is 5.79. The molecule has 0 heterocycles. The third-order valence-electron chi connectivity index (χ3n) is 3.70. The summed E-state index contributed by atoms with van der Waals surface area (Å²) in [7, 11) is 0. The summed E-state index contributed by atoms with van der Waals surface area (Å²) in [4.78, 5) is 0. The number of benzene rings is 1. The quantitative estimate of drug-likeness (QED) is 0.523. The zero-order chi connectivity index (χ0) is 14.5. The maximum absolute atomic E-state index is 10.2. The molecule has 108 valence electrons. The van der Waals surface area contributed by atoms with E-state index in [0.717, 1.165) is 5.56 Å². The van der Waals surface area contributed by atoms with E-state index in [9.17, 15) is 10.2 Å². The minimum absolute atomic E-state index is 0.0872. The molecular weight excluding hydrogens is 242 g/mol. The van der Waals surface area contributed by atoms with Gasteiger partial charge in [-0.3, -0.25) is 0 Å². The van der Waals surface area contributed by atoms with Gasteiger partial charge in [-0.15, -0.1) is 0 Å². The van der Waals surface area contributed by atoms with Gasteiger partial charge in [0.2, 0.25) is 0 Å². The Balaban J connectivity index is 2.89. The molecule has 0 fully saturated rings. The van der Waals surface area contributed by atoms with Gasteiger partial charge in [-0.05, 0) is 24.5 Å². The van der Waals surface area contributed by atoms with Crippen molar-refractivity contribution < 1.29 is 14.9 Å². The van der Waals surface area contributed by atoms with Crippen LogP contribution in [0.2, 0.25) is 0 Å². The zero-order valence-electron chi connectivity index (χ0n) is 12.0. The molecule has 0 spiro atoms. The minimum atomic E-state index is -1.19. The fraction of sp³-hybridized carbons (Fsp3) is 0.600. The van der Waals surface area contributed by atoms with Gasteiger partial charge in [0.25, 0.3) is 0 Å². The van der Waals surface area contributed by atoms with Gasteiger partial charge in [0.05, 0.1) is 12.7 Å². The Bertz CT molecular complexity index is 391. The van der Waals surface area contributed by atoms with Crippen molar-refractivity contribution in [2.75, 3.05) is 12.3 Å². The maximum Gasteiger partial charge on any atom is 0.165 e. The van der Waals surface area contributed by atoms with E-state index < -0.39 is 11.9 Å². The summed E-state index contributed by atoms with van der Waals surface area (Å²) >= 11 is 0. The molecule has 4 nitrogen and oxygen atoms in total. The van der Waals surface area contributed by atoms with Crippen molar-refractivity contribution in [3.05, 3.63) is 29.8 Å². The molecule has 4 N–H and O–H groups in total. The van der Waals surface area contributed by atoms with Crippen LogP contribution in [0, 0.1) is 0 Å². The molecule has 0 amide bonds. The largest absolute Gasteiger partial charge is 0.398 e. The number of nitrogen functional groups attached to an aromatic ring is 1. The van der Waals surface area contributed by atoms with Crippen LogP contribution in [-0.4, -0.2) is 28.7 Å². The lowest BCUT2D eigenvalue weighted by atomic mass is 9.93. The zero-order valence-corrected chi connectivity index (χ0v) is 12.0. The van der Waals surface area contributed by atoms with Crippen molar-refractivity contribution in [1.29, 1.82) is 0 Å². The molecule has 0 aliphatic carbocycles. The van der Waals surface area contributed by atoms with Crippen molar-refractivity contribution in [3.63, 3.8) is 0 Å². The molecule has 0 unspecified atom stereocenters. The van der Waals surface area contributed by atoms with Crippen molar-refractivity contribution in [3.8, 4) is 0 Å². The topological polar surface area (TPSA) is 75.7 Å². The lowest BCUT2D eigenvalue weighted by molar-refractivity contribution is -0.242. The van der Waals surface area contributed by atoms with Crippen LogP contribution in [0.3, 0.4) is 0 Å². The minimum Gasteiger partial charge on any atom is -0.398 e. The van der Waals surface area contributed by atoms with E-state index in [1.54, 1.807) is 0 Å². The fourth-order valence-electron chi connectivity index (χ4n) is 2.12. The van der Waals surface area contributed by atoms with Gasteiger partial charge in [0.1, 0.15) is 0 Å². The summed E-state index contributed by atoms with van der Waals surface area (Å²) in [6, 6.07) is 7.52. The number of rotatable bonds is 7. The Hall–Kier alpha value is -1.10. The summed E-state index contributed by atoms with van der Waals surface area (Å²) in [6.45, 7) is 5.51. The molecule has 0 bridgehead atoms. The van der Waals surface area contributed by atoms with E-state index >= 15 is 0 Å². The average molecular weight is 267 g/mol. The Morgan fingerprint density at radius 2 is 1.84 bits per heavy atom. The van der Waals surface area contributed by atoms with Gasteiger partial charge < -0.3 is 20.7 Å². The first kappa shape index (κ1) is 16.0. The van der Waals surface area contributed by atoms with Crippen molar-refractivity contribution in [1.82, 2.24) is 0 Å². The van der Waals surface area contributed by atoms with Gasteiger partial charge in [-0.1, -0.05) is 39.0 Å². The third-order valence-corrected chi connectivity index (χ3v) is 3.70. The Labute approximate surface area is 115 Å². The molecule has 0 aliphatic heterocycles. The summed E-state index contributed by atoms with van der Waals surface area (Å²) in [5.41, 5.74) is 7.54. The van der Waals surface area contributed by atoms with Crippen LogP contribution in [0.5, 0.6) is 0 Å². The first-order valence-corrected chi connectivity index (χ1v) is 6.82. The number of aliphatic hydroxyl groups is 2. The molecule has 1 rings (SSSR count). The second-order valence-corrected chi connectivity index (χ2v) is 4.91. The highest BCUT2D eigenvalue weighted by Crippen LogP contribution is 2.30. The predicted octanol–water partition coefficient (Wildman–Crippen LogP) is 2.26. The van der Waals surface area contributed by atoms with Gasteiger partial charge in [-0.25, -0.2) is 0 Å². The lowest BCUT2D eigenvalue weighted by Gasteiger charge is -2.33. The number of hydrogen-bond donors (Lipinski definition) is 3. The predicted molar refractivity (Wildman–Crippen MR) is 76.8 cm³/mol. The Morgan fingerprint density at radius 3 is 2.32 bits per heavy atom. The molecule has 1 aromatic carbocycles. The van der Waals surface area contributed by atoms with Crippen LogP contribution in [0.1, 0.15) is 45.1 Å². The normalized spacial score (nSPS) is 15.2. The number of nitrogens with two attached hydrogens (primary N) is 1. The van der Waals surface area contributed by atoms with Crippen LogP contribution >= 0.6 is 0 Å². The summed E-state index contributed by atoms with van der Waals surface area (Å²) in [5, 5.41) is 19.8. The molecule has 0 aromatic heterocycles. The van der Waals surface area contributed by atoms with Crippen LogP contribution in [0.25, 0.3) is 0 Å². The summed E-state index contributed by atoms with van der Waals surface area (Å²) in [6.07, 6.45) is 0.489. The number of aliphatic hydroxyl groups excluding tert-OH is 1. The van der Waals surface area contributed by atoms with Gasteiger partial charge in [0, 0.05) is 11.6 Å². The van der Waals surface area contributed by atoms with E-state index in [1.165, 1.54) is 0 Å². The number of ether oxygens (including phenoxy) is 1. The van der Waals surface area contributed by atoms with E-state index in [-0.39, 0.29) is 12.5 Å². The molecule has 0 radical (unpaired) electrons. The van der Waals surface area contributed by atoms with E-state index in [0.29, 0.717) is 18.5 Å². The third kappa shape index (κ3) is 3.93. The molecule has 4 heteroatoms. The molecule has 1 aromatic rings. The number of hydrogen-bond acceptors (Lipinski definition) is 4. The van der Waals surface area contributed by atoms with Crippen LogP contribution < -0.4 is 5.73 Å². The average Bonchev–Trinajstić information content (AvgIpc) is 2.44. The lowest BCUT2D eigenvalue weighted by Crippen LogP contribution is -2.39.